The number of amides is 1. The minimum Gasteiger partial charge on any atom is -0.325 e. The third-order valence-electron chi connectivity index (χ3n) is 4.82. The van der Waals surface area contributed by atoms with Crippen molar-refractivity contribution in [1.82, 2.24) is 14.8 Å². The molecule has 1 aromatic heterocycles. The Labute approximate surface area is 167 Å². The number of aryl methyl sites for hydroxylation is 2. The molecule has 0 aliphatic carbocycles. The van der Waals surface area contributed by atoms with E-state index >= 15 is 0 Å². The number of hydrogen-bond acceptors (Lipinski definition) is 4. The fourth-order valence-electron chi connectivity index (χ4n) is 3.02. The molecule has 6 heteroatoms. The predicted octanol–water partition coefficient (Wildman–Crippen LogP) is 5.16. The highest BCUT2D eigenvalue weighted by Crippen LogP contribution is 2.21. The highest BCUT2D eigenvalue weighted by molar-refractivity contribution is 7.99. The number of nitrogens with zero attached hydrogens (tertiary/aromatic N) is 3. The summed E-state index contributed by atoms with van der Waals surface area (Å²) in [6, 6.07) is 5.95. The van der Waals surface area contributed by atoms with Crippen LogP contribution < -0.4 is 5.32 Å². The first-order valence-electron chi connectivity index (χ1n) is 9.97. The predicted molar refractivity (Wildman–Crippen MR) is 113 cm³/mol. The van der Waals surface area contributed by atoms with Gasteiger partial charge in [-0.25, -0.2) is 0 Å². The number of carbonyl (C=O) groups is 1. The molecule has 2 rings (SSSR count). The molecule has 0 radical (unpaired) electrons. The Morgan fingerprint density at radius 1 is 1.11 bits per heavy atom. The van der Waals surface area contributed by atoms with Gasteiger partial charge >= 0.3 is 0 Å². The van der Waals surface area contributed by atoms with E-state index in [4.69, 9.17) is 0 Å². The van der Waals surface area contributed by atoms with Gasteiger partial charge in [0.05, 0.1) is 5.75 Å². The van der Waals surface area contributed by atoms with Gasteiger partial charge in [-0.05, 0) is 44.4 Å². The van der Waals surface area contributed by atoms with Crippen LogP contribution in [0.4, 0.5) is 5.69 Å². The van der Waals surface area contributed by atoms with E-state index in [0.29, 0.717) is 5.75 Å². The number of hydrogen-bond donors (Lipinski definition) is 1. The lowest BCUT2D eigenvalue weighted by Gasteiger charge is -2.10. The first kappa shape index (κ1) is 21.5. The summed E-state index contributed by atoms with van der Waals surface area (Å²) in [4.78, 5) is 12.3. The average molecular weight is 389 g/mol. The van der Waals surface area contributed by atoms with Crippen molar-refractivity contribution in [2.45, 2.75) is 77.9 Å². The van der Waals surface area contributed by atoms with E-state index < -0.39 is 0 Å². The Kier molecular flexibility index (Phi) is 8.85. The van der Waals surface area contributed by atoms with E-state index in [1.54, 1.807) is 0 Å². The van der Waals surface area contributed by atoms with Crippen molar-refractivity contribution < 1.29 is 4.79 Å². The third kappa shape index (κ3) is 6.38. The van der Waals surface area contributed by atoms with Gasteiger partial charge in [-0.3, -0.25) is 4.79 Å². The molecule has 0 saturated carbocycles. The summed E-state index contributed by atoms with van der Waals surface area (Å²) in [6.45, 7) is 9.24. The lowest BCUT2D eigenvalue weighted by molar-refractivity contribution is -0.113. The monoisotopic (exact) mass is 388 g/mol. The zero-order valence-corrected chi connectivity index (χ0v) is 17.9. The molecule has 0 aliphatic heterocycles. The maximum atomic E-state index is 12.3. The van der Waals surface area contributed by atoms with Gasteiger partial charge in [0.15, 0.2) is 5.16 Å². The molecule has 2 aromatic rings. The smallest absolute Gasteiger partial charge is 0.234 e. The molecule has 1 heterocycles. The summed E-state index contributed by atoms with van der Waals surface area (Å²) in [5.74, 6) is 1.36. The van der Waals surface area contributed by atoms with Crippen LogP contribution in [-0.4, -0.2) is 26.4 Å². The molecule has 0 unspecified atom stereocenters. The molecule has 5 nitrogen and oxygen atoms in total. The van der Waals surface area contributed by atoms with Gasteiger partial charge in [-0.1, -0.05) is 56.5 Å². The standard InChI is InChI=1S/C21H32N4OS/c1-5-7-8-9-10-14-19-23-24-21(25(19)6-2)27-15-20(26)22-18-13-11-12-16(3)17(18)4/h11-13H,5-10,14-15H2,1-4H3,(H,22,26). The highest BCUT2D eigenvalue weighted by atomic mass is 32.2. The molecular formula is C21H32N4OS. The number of benzene rings is 1. The SMILES string of the molecule is CCCCCCCc1nnc(SCC(=O)Nc2cccc(C)c2C)n1CC. The first-order valence-corrected chi connectivity index (χ1v) is 11.0. The minimum atomic E-state index is -0.0135. The summed E-state index contributed by atoms with van der Waals surface area (Å²) in [6.07, 6.45) is 7.20. The van der Waals surface area contributed by atoms with Crippen LogP contribution in [0, 0.1) is 13.8 Å². The molecule has 1 aromatic carbocycles. The lowest BCUT2D eigenvalue weighted by atomic mass is 10.1. The highest BCUT2D eigenvalue weighted by Gasteiger charge is 2.13. The van der Waals surface area contributed by atoms with Crippen LogP contribution >= 0.6 is 11.8 Å². The largest absolute Gasteiger partial charge is 0.325 e. The van der Waals surface area contributed by atoms with E-state index in [1.165, 1.54) is 43.0 Å². The van der Waals surface area contributed by atoms with E-state index in [9.17, 15) is 4.79 Å². The average Bonchev–Trinajstić information content (AvgIpc) is 3.05. The van der Waals surface area contributed by atoms with Crippen molar-refractivity contribution in [3.63, 3.8) is 0 Å². The fraction of sp³-hybridized carbons (Fsp3) is 0.571. The van der Waals surface area contributed by atoms with E-state index in [1.807, 2.05) is 32.0 Å². The number of thioether (sulfide) groups is 1. The molecule has 0 bridgehead atoms. The van der Waals surface area contributed by atoms with E-state index in [-0.39, 0.29) is 5.91 Å². The van der Waals surface area contributed by atoms with Crippen LogP contribution in [0.25, 0.3) is 0 Å². The molecule has 27 heavy (non-hydrogen) atoms. The molecule has 0 atom stereocenters. The van der Waals surface area contributed by atoms with Crippen LogP contribution in [0.15, 0.2) is 23.4 Å². The van der Waals surface area contributed by atoms with Crippen LogP contribution in [0.5, 0.6) is 0 Å². The van der Waals surface area contributed by atoms with Crippen molar-refractivity contribution in [2.75, 3.05) is 11.1 Å². The molecule has 0 aliphatic rings. The number of anilines is 1. The number of nitrogens with one attached hydrogen (secondary N) is 1. The van der Waals surface area contributed by atoms with Crippen LogP contribution in [0.3, 0.4) is 0 Å². The van der Waals surface area contributed by atoms with Crippen molar-refractivity contribution in [3.05, 3.63) is 35.2 Å². The number of rotatable bonds is 11. The van der Waals surface area contributed by atoms with Crippen LogP contribution in [-0.2, 0) is 17.8 Å². The van der Waals surface area contributed by atoms with Crippen molar-refractivity contribution in [1.29, 1.82) is 0 Å². The zero-order valence-electron chi connectivity index (χ0n) is 17.0. The second-order valence-electron chi connectivity index (χ2n) is 6.89. The van der Waals surface area contributed by atoms with Crippen molar-refractivity contribution in [2.24, 2.45) is 0 Å². The van der Waals surface area contributed by atoms with Crippen molar-refractivity contribution in [3.8, 4) is 0 Å². The number of carbonyl (C=O) groups excluding carboxylic acids is 1. The maximum Gasteiger partial charge on any atom is 0.234 e. The minimum absolute atomic E-state index is 0.0135. The quantitative estimate of drug-likeness (QED) is 0.427. The summed E-state index contributed by atoms with van der Waals surface area (Å²) in [7, 11) is 0. The van der Waals surface area contributed by atoms with E-state index in [2.05, 4.69) is 33.9 Å². The molecule has 148 valence electrons. The topological polar surface area (TPSA) is 59.8 Å². The second-order valence-corrected chi connectivity index (χ2v) is 7.83. The normalized spacial score (nSPS) is 11.0. The van der Waals surface area contributed by atoms with E-state index in [0.717, 1.165) is 41.6 Å². The number of unbranched alkanes of at least 4 members (excludes halogenated alkanes) is 4. The Balaban J connectivity index is 1.87. The number of aromatic nitrogens is 3. The molecular weight excluding hydrogens is 356 g/mol. The van der Waals surface area contributed by atoms with Gasteiger partial charge in [0.2, 0.25) is 5.91 Å². The molecule has 0 fully saturated rings. The summed E-state index contributed by atoms with van der Waals surface area (Å²) in [5, 5.41) is 12.5. The summed E-state index contributed by atoms with van der Waals surface area (Å²) in [5.41, 5.74) is 3.16. The van der Waals surface area contributed by atoms with Crippen LogP contribution in [0.1, 0.15) is 62.9 Å². The summed E-state index contributed by atoms with van der Waals surface area (Å²) >= 11 is 1.45. The van der Waals surface area contributed by atoms with Gasteiger partial charge in [0, 0.05) is 18.7 Å². The Hall–Kier alpha value is -1.82. The molecule has 0 saturated heterocycles. The molecule has 0 spiro atoms. The van der Waals surface area contributed by atoms with Crippen molar-refractivity contribution >= 4 is 23.4 Å². The lowest BCUT2D eigenvalue weighted by Crippen LogP contribution is -2.15. The van der Waals surface area contributed by atoms with Crippen LogP contribution in [0.2, 0.25) is 0 Å². The zero-order chi connectivity index (χ0) is 19.6. The molecule has 1 N–H and O–H groups in total. The van der Waals surface area contributed by atoms with Gasteiger partial charge in [0.25, 0.3) is 0 Å². The maximum absolute atomic E-state index is 12.3. The second kappa shape index (κ2) is 11.1. The molecule has 1 amide bonds. The summed E-state index contributed by atoms with van der Waals surface area (Å²) < 4.78 is 2.13. The van der Waals surface area contributed by atoms with Gasteiger partial charge in [0.1, 0.15) is 5.82 Å². The van der Waals surface area contributed by atoms with Gasteiger partial charge in [-0.15, -0.1) is 10.2 Å². The first-order chi connectivity index (χ1) is 13.1. The van der Waals surface area contributed by atoms with Gasteiger partial charge in [-0.2, -0.15) is 0 Å². The fourth-order valence-corrected chi connectivity index (χ4v) is 3.84. The van der Waals surface area contributed by atoms with Gasteiger partial charge < -0.3 is 9.88 Å². The Bertz CT molecular complexity index is 742. The Morgan fingerprint density at radius 3 is 2.63 bits per heavy atom. The Morgan fingerprint density at radius 2 is 1.89 bits per heavy atom. The third-order valence-corrected chi connectivity index (χ3v) is 5.79.